The van der Waals surface area contributed by atoms with Crippen LogP contribution in [0, 0.1) is 0 Å². The van der Waals surface area contributed by atoms with Gasteiger partial charge in [-0.1, -0.05) is 41.4 Å². The average Bonchev–Trinajstić information content (AvgIpc) is 3.52. The molecule has 2 aliphatic rings. The Balaban J connectivity index is 1.17. The van der Waals surface area contributed by atoms with Crippen LogP contribution in [0.4, 0.5) is 5.69 Å². The Morgan fingerprint density at radius 2 is 1.86 bits per heavy atom. The maximum Gasteiger partial charge on any atom is 0.274 e. The lowest BCUT2D eigenvalue weighted by atomic mass is 10.1. The van der Waals surface area contributed by atoms with Crippen LogP contribution in [0.25, 0.3) is 22.5 Å². The summed E-state index contributed by atoms with van der Waals surface area (Å²) in [5, 5.41) is 9.79. The summed E-state index contributed by atoms with van der Waals surface area (Å²) in [4.78, 5) is 40.7. The minimum absolute atomic E-state index is 0.0840. The standard InChI is InChI=1S/C35H37Cl2N7O5/c1-47-23-18-44(19-23)17-21-15-40-28(13-29(21)48-2)34(46)42-27-6-4-5-25(31(27)36)33-32(37)24(11-12-39-33)26-9-7-20(35(43-26)49-3)14-38-16-22-8-10-30(45)41-22/h4-7,9,11-13,15,22-23,38H,8,10,14,16-19H2,1-3H3,(H,41,45)(H,42,46)/t22-/m0/s1. The molecule has 0 aliphatic carbocycles. The Morgan fingerprint density at radius 1 is 1.02 bits per heavy atom. The molecule has 6 rings (SSSR count). The minimum Gasteiger partial charge on any atom is -0.496 e. The molecule has 1 atom stereocenters. The Morgan fingerprint density at radius 3 is 2.59 bits per heavy atom. The molecule has 1 aromatic carbocycles. The summed E-state index contributed by atoms with van der Waals surface area (Å²) in [5.41, 5.74) is 4.48. The smallest absolute Gasteiger partial charge is 0.274 e. The third-order valence-electron chi connectivity index (χ3n) is 8.64. The number of nitrogens with one attached hydrogen (secondary N) is 3. The summed E-state index contributed by atoms with van der Waals surface area (Å²) in [6.07, 6.45) is 4.90. The number of benzene rings is 1. The van der Waals surface area contributed by atoms with E-state index in [9.17, 15) is 9.59 Å². The molecule has 0 unspecified atom stereocenters. The van der Waals surface area contributed by atoms with Gasteiger partial charge < -0.3 is 30.2 Å². The van der Waals surface area contributed by atoms with Gasteiger partial charge in [0, 0.05) is 93.0 Å². The first-order chi connectivity index (χ1) is 23.8. The van der Waals surface area contributed by atoms with Crippen molar-refractivity contribution in [1.29, 1.82) is 0 Å². The second-order valence-electron chi connectivity index (χ2n) is 11.9. The van der Waals surface area contributed by atoms with Crippen LogP contribution in [-0.4, -0.2) is 84.8 Å². The van der Waals surface area contributed by atoms with Crippen molar-refractivity contribution in [3.05, 3.63) is 81.7 Å². The highest BCUT2D eigenvalue weighted by atomic mass is 35.5. The first kappa shape index (κ1) is 34.5. The largest absolute Gasteiger partial charge is 0.496 e. The molecule has 0 bridgehead atoms. The summed E-state index contributed by atoms with van der Waals surface area (Å²) in [5.74, 6) is 0.665. The zero-order valence-electron chi connectivity index (χ0n) is 27.4. The highest BCUT2D eigenvalue weighted by molar-refractivity contribution is 6.39. The number of pyridine rings is 3. The number of nitrogens with zero attached hydrogens (tertiary/aromatic N) is 4. The predicted molar refractivity (Wildman–Crippen MR) is 187 cm³/mol. The zero-order valence-corrected chi connectivity index (χ0v) is 28.9. The van der Waals surface area contributed by atoms with E-state index in [-0.39, 0.29) is 28.8 Å². The van der Waals surface area contributed by atoms with E-state index < -0.39 is 5.91 Å². The Labute approximate surface area is 294 Å². The van der Waals surface area contributed by atoms with Gasteiger partial charge in [-0.2, -0.15) is 0 Å². The van der Waals surface area contributed by atoms with E-state index in [1.807, 2.05) is 12.1 Å². The number of methoxy groups -OCH3 is 3. The number of carbonyl (C=O) groups excluding carboxylic acids is 2. The number of hydrogen-bond acceptors (Lipinski definition) is 10. The van der Waals surface area contributed by atoms with Crippen molar-refractivity contribution in [3.8, 4) is 34.1 Å². The number of hydrogen-bond donors (Lipinski definition) is 3. The van der Waals surface area contributed by atoms with Gasteiger partial charge in [0.1, 0.15) is 11.4 Å². The molecular formula is C35H37Cl2N7O5. The SMILES string of the molecule is COc1cc(C(=O)Nc2cccc(-c3nccc(-c4ccc(CNC[C@@H]5CCC(=O)N5)c(OC)n4)c3Cl)c2Cl)ncc1CN1CC(OC)C1. The van der Waals surface area contributed by atoms with E-state index in [0.29, 0.717) is 70.9 Å². The Kier molecular flexibility index (Phi) is 10.9. The van der Waals surface area contributed by atoms with Gasteiger partial charge in [0.25, 0.3) is 5.91 Å². The molecular weight excluding hydrogens is 669 g/mol. The number of likely N-dealkylation sites (tertiary alicyclic amines) is 1. The fourth-order valence-corrected chi connectivity index (χ4v) is 6.48. The minimum atomic E-state index is -0.445. The van der Waals surface area contributed by atoms with Gasteiger partial charge in [0.2, 0.25) is 11.8 Å². The molecule has 0 spiro atoms. The van der Waals surface area contributed by atoms with Crippen LogP contribution in [-0.2, 0) is 22.6 Å². The fourth-order valence-electron chi connectivity index (χ4n) is 5.91. The maximum atomic E-state index is 13.3. The van der Waals surface area contributed by atoms with Crippen molar-refractivity contribution in [2.75, 3.05) is 46.3 Å². The van der Waals surface area contributed by atoms with Gasteiger partial charge in [0.05, 0.1) is 47.4 Å². The molecule has 4 aromatic rings. The van der Waals surface area contributed by atoms with E-state index in [2.05, 4.69) is 30.8 Å². The summed E-state index contributed by atoms with van der Waals surface area (Å²) >= 11 is 13.8. The summed E-state index contributed by atoms with van der Waals surface area (Å²) in [7, 11) is 4.84. The van der Waals surface area contributed by atoms with Crippen molar-refractivity contribution >= 4 is 40.7 Å². The lowest BCUT2D eigenvalue weighted by molar-refractivity contribution is -0.119. The van der Waals surface area contributed by atoms with E-state index in [0.717, 1.165) is 30.6 Å². The Bertz CT molecular complexity index is 1850. The third-order valence-corrected chi connectivity index (χ3v) is 9.43. The van der Waals surface area contributed by atoms with Gasteiger partial charge in [-0.15, -0.1) is 0 Å². The highest BCUT2D eigenvalue weighted by Crippen LogP contribution is 2.40. The topological polar surface area (TPSA) is 140 Å². The third kappa shape index (κ3) is 7.79. The Hall–Kier alpha value is -4.33. The normalized spacial score (nSPS) is 16.3. The molecule has 3 N–H and O–H groups in total. The number of amides is 2. The fraction of sp³-hybridized carbons (Fsp3) is 0.343. The summed E-state index contributed by atoms with van der Waals surface area (Å²) < 4.78 is 16.5. The van der Waals surface area contributed by atoms with Crippen LogP contribution in [0.1, 0.15) is 34.5 Å². The van der Waals surface area contributed by atoms with Crippen molar-refractivity contribution < 1.29 is 23.8 Å². The van der Waals surface area contributed by atoms with Crippen LogP contribution in [0.2, 0.25) is 10.0 Å². The molecule has 256 valence electrons. The number of anilines is 1. The number of carbonyl (C=O) groups is 2. The lowest BCUT2D eigenvalue weighted by Gasteiger charge is -2.38. The van der Waals surface area contributed by atoms with Crippen LogP contribution in [0.15, 0.2) is 54.9 Å². The molecule has 0 radical (unpaired) electrons. The van der Waals surface area contributed by atoms with Crippen LogP contribution < -0.4 is 25.4 Å². The van der Waals surface area contributed by atoms with E-state index in [1.165, 1.54) is 0 Å². The lowest BCUT2D eigenvalue weighted by Crippen LogP contribution is -2.50. The molecule has 2 aliphatic heterocycles. The van der Waals surface area contributed by atoms with Crippen molar-refractivity contribution in [3.63, 3.8) is 0 Å². The van der Waals surface area contributed by atoms with Crippen LogP contribution >= 0.6 is 23.2 Å². The molecule has 2 fully saturated rings. The molecule has 2 saturated heterocycles. The van der Waals surface area contributed by atoms with E-state index in [1.54, 1.807) is 64.1 Å². The molecule has 0 saturated carbocycles. The average molecular weight is 707 g/mol. The van der Waals surface area contributed by atoms with Gasteiger partial charge in [-0.05, 0) is 24.6 Å². The number of aromatic nitrogens is 3. The second kappa shape index (κ2) is 15.5. The molecule has 5 heterocycles. The molecule has 12 nitrogen and oxygen atoms in total. The quantitative estimate of drug-likeness (QED) is 0.175. The molecule has 3 aromatic heterocycles. The van der Waals surface area contributed by atoms with Crippen molar-refractivity contribution in [2.24, 2.45) is 0 Å². The second-order valence-corrected chi connectivity index (χ2v) is 12.6. The van der Waals surface area contributed by atoms with Gasteiger partial charge in [0.15, 0.2) is 0 Å². The zero-order chi connectivity index (χ0) is 34.5. The molecule has 14 heteroatoms. The first-order valence-electron chi connectivity index (χ1n) is 15.8. The molecule has 2 amide bonds. The van der Waals surface area contributed by atoms with E-state index in [4.69, 9.17) is 42.4 Å². The highest BCUT2D eigenvalue weighted by Gasteiger charge is 2.27. The number of ether oxygens (including phenoxy) is 3. The summed E-state index contributed by atoms with van der Waals surface area (Å²) in [6.45, 7) is 3.48. The predicted octanol–water partition coefficient (Wildman–Crippen LogP) is 4.98. The van der Waals surface area contributed by atoms with Crippen LogP contribution in [0.5, 0.6) is 11.6 Å². The van der Waals surface area contributed by atoms with Gasteiger partial charge >= 0.3 is 0 Å². The maximum absolute atomic E-state index is 13.3. The number of rotatable bonds is 13. The van der Waals surface area contributed by atoms with Gasteiger partial charge in [-0.25, -0.2) is 4.98 Å². The first-order valence-corrected chi connectivity index (χ1v) is 16.6. The van der Waals surface area contributed by atoms with Crippen molar-refractivity contribution in [1.82, 2.24) is 30.5 Å². The molecule has 49 heavy (non-hydrogen) atoms. The number of halogens is 2. The van der Waals surface area contributed by atoms with Crippen LogP contribution in [0.3, 0.4) is 0 Å². The summed E-state index contributed by atoms with van der Waals surface area (Å²) in [6, 6.07) is 12.6. The monoisotopic (exact) mass is 705 g/mol. The van der Waals surface area contributed by atoms with Crippen molar-refractivity contribution in [2.45, 2.75) is 38.1 Å². The van der Waals surface area contributed by atoms with E-state index >= 15 is 0 Å². The van der Waals surface area contributed by atoms with Gasteiger partial charge in [-0.3, -0.25) is 24.5 Å².